The summed E-state index contributed by atoms with van der Waals surface area (Å²) in [5, 5.41) is 4.49. The van der Waals surface area contributed by atoms with E-state index in [2.05, 4.69) is 5.10 Å². The van der Waals surface area contributed by atoms with Crippen LogP contribution in [0.4, 0.5) is 0 Å². The molecule has 4 rings (SSSR count). The maximum atomic E-state index is 13.4. The van der Waals surface area contributed by atoms with Crippen molar-refractivity contribution >= 4 is 23.5 Å². The molecule has 0 atom stereocenters. The maximum absolute atomic E-state index is 13.4. The van der Waals surface area contributed by atoms with Crippen LogP contribution < -0.4 is 0 Å². The molecular weight excluding hydrogens is 392 g/mol. The molecule has 0 radical (unpaired) electrons. The zero-order valence-corrected chi connectivity index (χ0v) is 17.5. The highest BCUT2D eigenvalue weighted by atomic mass is 32.2. The molecule has 30 heavy (non-hydrogen) atoms. The van der Waals surface area contributed by atoms with Crippen LogP contribution in [0.15, 0.2) is 94.7 Å². The summed E-state index contributed by atoms with van der Waals surface area (Å²) < 4.78 is 1.40. The van der Waals surface area contributed by atoms with Gasteiger partial charge in [0.1, 0.15) is 0 Å². The predicted octanol–water partition coefficient (Wildman–Crippen LogP) is 5.57. The third-order valence-electron chi connectivity index (χ3n) is 4.82. The van der Waals surface area contributed by atoms with Gasteiger partial charge in [0.25, 0.3) is 5.91 Å². The minimum Gasteiger partial charge on any atom is -0.289 e. The Labute approximate surface area is 179 Å². The number of carbonyl (C=O) groups excluding carboxylic acids is 2. The molecule has 0 saturated heterocycles. The molecule has 0 saturated carbocycles. The average molecular weight is 413 g/mol. The van der Waals surface area contributed by atoms with Gasteiger partial charge in [0, 0.05) is 16.0 Å². The zero-order chi connectivity index (χ0) is 21.1. The molecule has 0 fully saturated rings. The van der Waals surface area contributed by atoms with Crippen LogP contribution in [0.2, 0.25) is 0 Å². The Kier molecular flexibility index (Phi) is 5.63. The predicted molar refractivity (Wildman–Crippen MR) is 118 cm³/mol. The first kappa shape index (κ1) is 19.9. The summed E-state index contributed by atoms with van der Waals surface area (Å²) >= 11 is 1.58. The van der Waals surface area contributed by atoms with Gasteiger partial charge in [-0.2, -0.15) is 9.78 Å². The average Bonchev–Trinajstić information content (AvgIpc) is 3.07. The third-order valence-corrected chi connectivity index (χ3v) is 6.12. The molecule has 0 aliphatic rings. The summed E-state index contributed by atoms with van der Waals surface area (Å²) in [5.74, 6) is -0.490. The van der Waals surface area contributed by atoms with E-state index in [0.717, 1.165) is 21.2 Å². The third kappa shape index (κ3) is 3.84. The number of aromatic nitrogens is 2. The lowest BCUT2D eigenvalue weighted by molar-refractivity contribution is 0.0931. The van der Waals surface area contributed by atoms with E-state index in [-0.39, 0.29) is 11.7 Å². The van der Waals surface area contributed by atoms with Crippen molar-refractivity contribution in [3.8, 4) is 0 Å². The maximum Gasteiger partial charge on any atom is 0.279 e. The quantitative estimate of drug-likeness (QED) is 0.402. The van der Waals surface area contributed by atoms with E-state index in [1.54, 1.807) is 48.2 Å². The SMILES string of the molecule is Cc1nn(C(=O)c2ccccc2C(=O)c2ccccc2)c(C)c1Sc1ccccc1. The second-order valence-electron chi connectivity index (χ2n) is 6.87. The van der Waals surface area contributed by atoms with Crippen molar-refractivity contribution in [1.29, 1.82) is 0 Å². The van der Waals surface area contributed by atoms with E-state index in [1.165, 1.54) is 4.68 Å². The van der Waals surface area contributed by atoms with Crippen molar-refractivity contribution in [1.82, 2.24) is 9.78 Å². The summed E-state index contributed by atoms with van der Waals surface area (Å²) in [7, 11) is 0. The van der Waals surface area contributed by atoms with Gasteiger partial charge in [0.15, 0.2) is 5.78 Å². The lowest BCUT2D eigenvalue weighted by Crippen LogP contribution is -2.19. The minimum absolute atomic E-state index is 0.181. The molecule has 0 N–H and O–H groups in total. The second kappa shape index (κ2) is 8.51. The highest BCUT2D eigenvalue weighted by molar-refractivity contribution is 7.99. The minimum atomic E-state index is -0.310. The van der Waals surface area contributed by atoms with E-state index in [1.807, 2.05) is 62.4 Å². The molecule has 4 nitrogen and oxygen atoms in total. The molecule has 0 unspecified atom stereocenters. The summed E-state index contributed by atoms with van der Waals surface area (Å²) in [6.45, 7) is 3.77. The van der Waals surface area contributed by atoms with Crippen LogP contribution in [0.25, 0.3) is 0 Å². The zero-order valence-electron chi connectivity index (χ0n) is 16.7. The molecular formula is C25H20N2O2S. The van der Waals surface area contributed by atoms with Crippen molar-refractivity contribution < 1.29 is 9.59 Å². The molecule has 4 aromatic rings. The largest absolute Gasteiger partial charge is 0.289 e. The van der Waals surface area contributed by atoms with Crippen molar-refractivity contribution in [2.24, 2.45) is 0 Å². The van der Waals surface area contributed by atoms with Crippen LogP contribution in [0.3, 0.4) is 0 Å². The Hall–Kier alpha value is -3.44. The van der Waals surface area contributed by atoms with E-state index < -0.39 is 0 Å². The van der Waals surface area contributed by atoms with Gasteiger partial charge in [-0.3, -0.25) is 9.59 Å². The summed E-state index contributed by atoms with van der Waals surface area (Å²) in [6, 6.07) is 25.9. The van der Waals surface area contributed by atoms with Crippen LogP contribution in [-0.2, 0) is 0 Å². The van der Waals surface area contributed by atoms with Crippen molar-refractivity contribution in [2.45, 2.75) is 23.6 Å². The van der Waals surface area contributed by atoms with Gasteiger partial charge in [0.2, 0.25) is 0 Å². The highest BCUT2D eigenvalue weighted by Crippen LogP contribution is 2.33. The van der Waals surface area contributed by atoms with Crippen LogP contribution in [0.1, 0.15) is 37.7 Å². The summed E-state index contributed by atoms with van der Waals surface area (Å²) in [5.41, 5.74) is 2.80. The van der Waals surface area contributed by atoms with E-state index >= 15 is 0 Å². The van der Waals surface area contributed by atoms with Gasteiger partial charge in [-0.15, -0.1) is 0 Å². The number of hydrogen-bond acceptors (Lipinski definition) is 4. The van der Waals surface area contributed by atoms with Gasteiger partial charge >= 0.3 is 0 Å². The van der Waals surface area contributed by atoms with Gasteiger partial charge in [-0.25, -0.2) is 0 Å². The second-order valence-corrected chi connectivity index (χ2v) is 7.96. The summed E-state index contributed by atoms with van der Waals surface area (Å²) in [4.78, 5) is 28.4. The van der Waals surface area contributed by atoms with Gasteiger partial charge in [0.05, 0.1) is 21.8 Å². The number of ketones is 1. The normalized spacial score (nSPS) is 10.7. The van der Waals surface area contributed by atoms with Crippen LogP contribution in [0.5, 0.6) is 0 Å². The highest BCUT2D eigenvalue weighted by Gasteiger charge is 2.23. The standard InChI is InChI=1S/C25H20N2O2S/c1-17-24(30-20-13-7-4-8-14-20)18(2)27(26-17)25(29)22-16-10-9-15-21(22)23(28)19-11-5-3-6-12-19/h3-16H,1-2H3. The number of aryl methyl sites for hydroxylation is 1. The molecule has 0 bridgehead atoms. The fraction of sp³-hybridized carbons (Fsp3) is 0.0800. The fourth-order valence-corrected chi connectivity index (χ4v) is 4.26. The lowest BCUT2D eigenvalue weighted by Gasteiger charge is -2.09. The number of rotatable bonds is 5. The molecule has 148 valence electrons. The number of carbonyl (C=O) groups is 2. The molecule has 1 heterocycles. The first-order chi connectivity index (χ1) is 14.6. The Bertz CT molecular complexity index is 1210. The molecule has 0 spiro atoms. The number of benzene rings is 3. The Morgan fingerprint density at radius 1 is 0.767 bits per heavy atom. The lowest BCUT2D eigenvalue weighted by atomic mass is 9.98. The van der Waals surface area contributed by atoms with Gasteiger partial charge < -0.3 is 0 Å². The molecule has 0 aliphatic carbocycles. The number of hydrogen-bond donors (Lipinski definition) is 0. The van der Waals surface area contributed by atoms with Crippen LogP contribution in [0, 0.1) is 13.8 Å². The smallest absolute Gasteiger partial charge is 0.279 e. The van der Waals surface area contributed by atoms with Crippen molar-refractivity contribution in [3.05, 3.63) is 113 Å². The number of nitrogens with zero attached hydrogens (tertiary/aromatic N) is 2. The molecule has 3 aromatic carbocycles. The first-order valence-electron chi connectivity index (χ1n) is 9.59. The van der Waals surface area contributed by atoms with Gasteiger partial charge in [-0.05, 0) is 32.0 Å². The Balaban J connectivity index is 1.71. The van der Waals surface area contributed by atoms with Crippen molar-refractivity contribution in [3.63, 3.8) is 0 Å². The van der Waals surface area contributed by atoms with E-state index in [0.29, 0.717) is 16.7 Å². The Morgan fingerprint density at radius 2 is 1.33 bits per heavy atom. The monoisotopic (exact) mass is 412 g/mol. The molecule has 1 aromatic heterocycles. The molecule has 0 amide bonds. The van der Waals surface area contributed by atoms with Crippen molar-refractivity contribution in [2.75, 3.05) is 0 Å². The summed E-state index contributed by atoms with van der Waals surface area (Å²) in [6.07, 6.45) is 0. The van der Waals surface area contributed by atoms with E-state index in [9.17, 15) is 9.59 Å². The van der Waals surface area contributed by atoms with Crippen LogP contribution >= 0.6 is 11.8 Å². The van der Waals surface area contributed by atoms with Crippen LogP contribution in [-0.4, -0.2) is 21.5 Å². The first-order valence-corrected chi connectivity index (χ1v) is 10.4. The topological polar surface area (TPSA) is 52.0 Å². The van der Waals surface area contributed by atoms with E-state index in [4.69, 9.17) is 0 Å². The molecule has 0 aliphatic heterocycles. The Morgan fingerprint density at radius 3 is 2.00 bits per heavy atom. The fourth-order valence-electron chi connectivity index (χ4n) is 3.31. The molecule has 5 heteroatoms. The van der Waals surface area contributed by atoms with Gasteiger partial charge in [-0.1, -0.05) is 78.5 Å².